The molecule has 1 N–H and O–H groups in total. The number of carbonyl (C=O) groups excluding carboxylic acids is 2. The van der Waals surface area contributed by atoms with E-state index >= 15 is 0 Å². The third kappa shape index (κ3) is 4.48. The molecule has 1 atom stereocenters. The molecular formula is C21H15ClN2O3S2. The first-order chi connectivity index (χ1) is 14.0. The van der Waals surface area contributed by atoms with Gasteiger partial charge in [-0.3, -0.25) is 4.79 Å². The maximum absolute atomic E-state index is 12.5. The Hall–Kier alpha value is -2.74. The van der Waals surface area contributed by atoms with Crippen LogP contribution in [0.15, 0.2) is 60.7 Å². The lowest BCUT2D eigenvalue weighted by molar-refractivity contribution is -0.123. The topological polar surface area (TPSA) is 68.3 Å². The number of hydrogen-bond acceptors (Lipinski definition) is 6. The summed E-state index contributed by atoms with van der Waals surface area (Å²) in [6.45, 7) is 1.53. The number of rotatable bonds is 5. The molecule has 146 valence electrons. The summed E-state index contributed by atoms with van der Waals surface area (Å²) in [7, 11) is 0. The monoisotopic (exact) mass is 442 g/mol. The summed E-state index contributed by atoms with van der Waals surface area (Å²) in [4.78, 5) is 30.6. The van der Waals surface area contributed by atoms with E-state index in [9.17, 15) is 9.59 Å². The largest absolute Gasteiger partial charge is 0.448 e. The number of thiophene rings is 1. The van der Waals surface area contributed by atoms with Crippen LogP contribution in [0.3, 0.4) is 0 Å². The molecule has 0 radical (unpaired) electrons. The molecule has 2 aromatic heterocycles. The molecule has 5 nitrogen and oxygen atoms in total. The number of anilines is 1. The number of thiazole rings is 1. The van der Waals surface area contributed by atoms with Crippen molar-refractivity contribution in [2.75, 3.05) is 5.32 Å². The van der Waals surface area contributed by atoms with Crippen molar-refractivity contribution in [1.82, 2.24) is 4.98 Å². The van der Waals surface area contributed by atoms with E-state index < -0.39 is 18.0 Å². The first-order valence-corrected chi connectivity index (χ1v) is 10.7. The Labute approximate surface area is 179 Å². The van der Waals surface area contributed by atoms with Gasteiger partial charge in [0.15, 0.2) is 6.10 Å². The molecule has 2 aromatic carbocycles. The van der Waals surface area contributed by atoms with Crippen LogP contribution in [0.25, 0.3) is 20.1 Å². The Kier molecular flexibility index (Phi) is 5.62. The molecule has 0 fully saturated rings. The molecule has 29 heavy (non-hydrogen) atoms. The van der Waals surface area contributed by atoms with Crippen LogP contribution in [0, 0.1) is 0 Å². The van der Waals surface area contributed by atoms with Crippen LogP contribution >= 0.6 is 34.3 Å². The number of carbonyl (C=O) groups is 2. The van der Waals surface area contributed by atoms with Gasteiger partial charge < -0.3 is 10.1 Å². The quantitative estimate of drug-likeness (QED) is 0.393. The highest BCUT2D eigenvalue weighted by molar-refractivity contribution is 7.26. The second kappa shape index (κ2) is 8.32. The van der Waals surface area contributed by atoms with Gasteiger partial charge in [-0.05, 0) is 49.4 Å². The van der Waals surface area contributed by atoms with Crippen molar-refractivity contribution < 1.29 is 14.3 Å². The lowest BCUT2D eigenvalue weighted by atomic mass is 10.3. The van der Waals surface area contributed by atoms with Crippen LogP contribution in [0.5, 0.6) is 0 Å². The summed E-state index contributed by atoms with van der Waals surface area (Å²) in [5.74, 6) is -0.973. The molecule has 2 heterocycles. The number of amides is 1. The van der Waals surface area contributed by atoms with Gasteiger partial charge in [0.1, 0.15) is 9.88 Å². The Bertz CT molecular complexity index is 1170. The molecule has 0 aliphatic rings. The van der Waals surface area contributed by atoms with Gasteiger partial charge in [0.2, 0.25) is 0 Å². The van der Waals surface area contributed by atoms with Gasteiger partial charge in [-0.25, -0.2) is 9.78 Å². The molecule has 4 rings (SSSR count). The SMILES string of the molecule is C[C@H](OC(=O)c1ccc(-c2nc3ccccc3s2)s1)C(=O)Nc1cccc(Cl)c1. The smallest absolute Gasteiger partial charge is 0.349 e. The van der Waals surface area contributed by atoms with Gasteiger partial charge in [-0.15, -0.1) is 22.7 Å². The summed E-state index contributed by atoms with van der Waals surface area (Å²) >= 11 is 8.77. The predicted molar refractivity (Wildman–Crippen MR) is 118 cm³/mol. The number of nitrogens with one attached hydrogen (secondary N) is 1. The van der Waals surface area contributed by atoms with Crippen molar-refractivity contribution in [3.63, 3.8) is 0 Å². The lowest BCUT2D eigenvalue weighted by Gasteiger charge is -2.13. The second-order valence-electron chi connectivity index (χ2n) is 6.20. The maximum Gasteiger partial charge on any atom is 0.349 e. The predicted octanol–water partition coefficient (Wildman–Crippen LogP) is 5.86. The number of halogens is 1. The highest BCUT2D eigenvalue weighted by Crippen LogP contribution is 2.34. The van der Waals surface area contributed by atoms with Gasteiger partial charge >= 0.3 is 5.97 Å². The van der Waals surface area contributed by atoms with Gasteiger partial charge in [0.05, 0.1) is 15.1 Å². The zero-order valence-electron chi connectivity index (χ0n) is 15.2. The summed E-state index contributed by atoms with van der Waals surface area (Å²) in [6, 6.07) is 18.2. The highest BCUT2D eigenvalue weighted by Gasteiger charge is 2.21. The molecule has 0 saturated heterocycles. The summed E-state index contributed by atoms with van der Waals surface area (Å²) in [6.07, 6.45) is -0.950. The van der Waals surface area contributed by atoms with Crippen molar-refractivity contribution in [2.24, 2.45) is 0 Å². The van der Waals surface area contributed by atoms with E-state index in [1.807, 2.05) is 30.3 Å². The van der Waals surface area contributed by atoms with Crippen molar-refractivity contribution in [3.8, 4) is 9.88 Å². The molecule has 1 amide bonds. The van der Waals surface area contributed by atoms with Crippen molar-refractivity contribution in [3.05, 3.63) is 70.6 Å². The van der Waals surface area contributed by atoms with E-state index in [1.54, 1.807) is 41.7 Å². The van der Waals surface area contributed by atoms with Crippen molar-refractivity contribution in [2.45, 2.75) is 13.0 Å². The standard InChI is InChI=1S/C21H15ClN2O3S2/c1-12(19(25)23-14-6-4-5-13(22)11-14)27-21(26)18-10-9-17(28-18)20-24-15-7-2-3-8-16(15)29-20/h2-12H,1H3,(H,23,25)/t12-/m0/s1. The van der Waals surface area contributed by atoms with Gasteiger partial charge in [0, 0.05) is 10.7 Å². The van der Waals surface area contributed by atoms with Crippen LogP contribution in [0.4, 0.5) is 5.69 Å². The first-order valence-electron chi connectivity index (χ1n) is 8.73. The second-order valence-corrected chi connectivity index (χ2v) is 8.75. The normalized spacial score (nSPS) is 11.9. The number of aromatic nitrogens is 1. The van der Waals surface area contributed by atoms with Crippen molar-refractivity contribution >= 4 is 62.1 Å². The first kappa shape index (κ1) is 19.6. The third-order valence-electron chi connectivity index (χ3n) is 4.06. The highest BCUT2D eigenvalue weighted by atomic mass is 35.5. The minimum absolute atomic E-state index is 0.418. The number of hydrogen-bond donors (Lipinski definition) is 1. The van der Waals surface area contributed by atoms with Crippen LogP contribution < -0.4 is 5.32 Å². The molecule has 0 spiro atoms. The molecule has 0 aliphatic heterocycles. The molecule has 4 aromatic rings. The minimum Gasteiger partial charge on any atom is -0.448 e. The van der Waals surface area contributed by atoms with Crippen LogP contribution in [0.2, 0.25) is 5.02 Å². The Balaban J connectivity index is 1.42. The third-order valence-corrected chi connectivity index (χ3v) is 6.56. The lowest BCUT2D eigenvalue weighted by Crippen LogP contribution is -2.29. The maximum atomic E-state index is 12.5. The average molecular weight is 443 g/mol. The molecular weight excluding hydrogens is 428 g/mol. The number of para-hydroxylation sites is 1. The fraction of sp³-hybridized carbons (Fsp3) is 0.0952. The van der Waals surface area contributed by atoms with Crippen LogP contribution in [0.1, 0.15) is 16.6 Å². The van der Waals surface area contributed by atoms with Crippen molar-refractivity contribution in [1.29, 1.82) is 0 Å². The van der Waals surface area contributed by atoms with E-state index in [0.29, 0.717) is 15.6 Å². The average Bonchev–Trinajstić information content (AvgIpc) is 3.35. The summed E-state index contributed by atoms with van der Waals surface area (Å²) in [5, 5.41) is 4.04. The molecule has 8 heteroatoms. The number of benzene rings is 2. The van der Waals surface area contributed by atoms with Gasteiger partial charge in [-0.1, -0.05) is 29.8 Å². The molecule has 0 unspecified atom stereocenters. The van der Waals surface area contributed by atoms with Crippen LogP contribution in [-0.4, -0.2) is 23.0 Å². The molecule has 0 aliphatic carbocycles. The van der Waals surface area contributed by atoms with E-state index in [4.69, 9.17) is 16.3 Å². The van der Waals surface area contributed by atoms with Gasteiger partial charge in [-0.2, -0.15) is 0 Å². The fourth-order valence-corrected chi connectivity index (χ4v) is 4.72. The molecule has 0 saturated carbocycles. The summed E-state index contributed by atoms with van der Waals surface area (Å²) < 4.78 is 6.41. The summed E-state index contributed by atoms with van der Waals surface area (Å²) in [5.41, 5.74) is 1.47. The van der Waals surface area contributed by atoms with Crippen LogP contribution in [-0.2, 0) is 9.53 Å². The number of fused-ring (bicyclic) bond motifs is 1. The van der Waals surface area contributed by atoms with Gasteiger partial charge in [0.25, 0.3) is 5.91 Å². The van der Waals surface area contributed by atoms with E-state index in [2.05, 4.69) is 10.3 Å². The van der Waals surface area contributed by atoms with E-state index in [-0.39, 0.29) is 0 Å². The number of nitrogens with zero attached hydrogens (tertiary/aromatic N) is 1. The Morgan fingerprint density at radius 3 is 2.69 bits per heavy atom. The zero-order valence-corrected chi connectivity index (χ0v) is 17.6. The molecule has 0 bridgehead atoms. The number of ether oxygens (including phenoxy) is 1. The zero-order chi connectivity index (χ0) is 20.4. The Morgan fingerprint density at radius 2 is 1.90 bits per heavy atom. The Morgan fingerprint density at radius 1 is 1.07 bits per heavy atom. The minimum atomic E-state index is -0.950. The fourth-order valence-electron chi connectivity index (χ4n) is 2.62. The number of esters is 1. The van der Waals surface area contributed by atoms with E-state index in [1.165, 1.54) is 18.3 Å². The van der Waals surface area contributed by atoms with E-state index in [0.717, 1.165) is 20.1 Å².